The van der Waals surface area contributed by atoms with Crippen molar-refractivity contribution >= 4 is 34.8 Å². The van der Waals surface area contributed by atoms with Crippen molar-refractivity contribution in [2.75, 3.05) is 10.6 Å². The van der Waals surface area contributed by atoms with E-state index in [1.165, 1.54) is 0 Å². The molecule has 0 radical (unpaired) electrons. The number of pyridine rings is 1. The van der Waals surface area contributed by atoms with Gasteiger partial charge < -0.3 is 10.6 Å². The molecule has 5 nitrogen and oxygen atoms in total. The van der Waals surface area contributed by atoms with Crippen LogP contribution in [0.1, 0.15) is 20.8 Å². The molecule has 0 aliphatic rings. The minimum absolute atomic E-state index is 0.295. The highest BCUT2D eigenvalue weighted by molar-refractivity contribution is 6.34. The first kappa shape index (κ1) is 16.7. The Kier molecular flexibility index (Phi) is 5.06. The number of hydrogen-bond acceptors (Lipinski definition) is 3. The van der Waals surface area contributed by atoms with Gasteiger partial charge in [-0.05, 0) is 48.5 Å². The van der Waals surface area contributed by atoms with E-state index in [4.69, 9.17) is 11.6 Å². The Labute approximate surface area is 149 Å². The minimum atomic E-state index is -0.298. The minimum Gasteiger partial charge on any atom is -0.322 e. The van der Waals surface area contributed by atoms with Gasteiger partial charge in [0.1, 0.15) is 5.69 Å². The van der Waals surface area contributed by atoms with Gasteiger partial charge in [-0.15, -0.1) is 0 Å². The molecule has 0 bridgehead atoms. The number of benzene rings is 2. The van der Waals surface area contributed by atoms with Gasteiger partial charge in [0, 0.05) is 17.6 Å². The molecule has 0 saturated heterocycles. The SMILES string of the molecule is O=C(Nc1ccc(NC(=O)c2ccccc2Cl)cc1)c1ccccn1. The molecule has 0 aliphatic carbocycles. The Balaban J connectivity index is 1.65. The molecule has 1 aromatic heterocycles. The van der Waals surface area contributed by atoms with Crippen LogP contribution in [0, 0.1) is 0 Å². The molecule has 0 unspecified atom stereocenters. The summed E-state index contributed by atoms with van der Waals surface area (Å²) in [6, 6.07) is 18.7. The van der Waals surface area contributed by atoms with Gasteiger partial charge in [0.2, 0.25) is 0 Å². The Morgan fingerprint density at radius 3 is 1.96 bits per heavy atom. The van der Waals surface area contributed by atoms with Crippen molar-refractivity contribution in [3.63, 3.8) is 0 Å². The molecule has 0 atom stereocenters. The molecule has 3 rings (SSSR count). The first-order valence-corrected chi connectivity index (χ1v) is 7.89. The van der Waals surface area contributed by atoms with Crippen molar-refractivity contribution in [3.8, 4) is 0 Å². The highest BCUT2D eigenvalue weighted by Gasteiger charge is 2.10. The van der Waals surface area contributed by atoms with E-state index in [0.717, 1.165) is 0 Å². The molecule has 2 N–H and O–H groups in total. The molecule has 1 heterocycles. The second kappa shape index (κ2) is 7.59. The zero-order chi connectivity index (χ0) is 17.6. The third-order valence-corrected chi connectivity index (χ3v) is 3.75. The lowest BCUT2D eigenvalue weighted by Gasteiger charge is -2.08. The number of carbonyl (C=O) groups is 2. The van der Waals surface area contributed by atoms with Gasteiger partial charge in [0.05, 0.1) is 10.6 Å². The van der Waals surface area contributed by atoms with Gasteiger partial charge in [-0.3, -0.25) is 14.6 Å². The number of carbonyl (C=O) groups excluding carboxylic acids is 2. The van der Waals surface area contributed by atoms with Crippen LogP contribution in [0.15, 0.2) is 72.9 Å². The van der Waals surface area contributed by atoms with Crippen LogP contribution in [0.5, 0.6) is 0 Å². The lowest BCUT2D eigenvalue weighted by Crippen LogP contribution is -2.14. The molecule has 25 heavy (non-hydrogen) atoms. The highest BCUT2D eigenvalue weighted by atomic mass is 35.5. The number of amides is 2. The van der Waals surface area contributed by atoms with Gasteiger partial charge in [0.25, 0.3) is 11.8 Å². The Bertz CT molecular complexity index is 896. The fourth-order valence-corrected chi connectivity index (χ4v) is 2.39. The van der Waals surface area contributed by atoms with Crippen LogP contribution >= 0.6 is 11.6 Å². The van der Waals surface area contributed by atoms with E-state index in [-0.39, 0.29) is 11.8 Å². The number of nitrogens with one attached hydrogen (secondary N) is 2. The van der Waals surface area contributed by atoms with Crippen molar-refractivity contribution in [1.82, 2.24) is 4.98 Å². The Morgan fingerprint density at radius 2 is 1.36 bits per heavy atom. The topological polar surface area (TPSA) is 71.1 Å². The second-order valence-electron chi connectivity index (χ2n) is 5.18. The quantitative estimate of drug-likeness (QED) is 0.738. The van der Waals surface area contributed by atoms with E-state index in [0.29, 0.717) is 27.7 Å². The first-order chi connectivity index (χ1) is 12.1. The van der Waals surface area contributed by atoms with Crippen LogP contribution in [0.2, 0.25) is 5.02 Å². The molecule has 0 fully saturated rings. The molecule has 3 aromatic rings. The largest absolute Gasteiger partial charge is 0.322 e. The lowest BCUT2D eigenvalue weighted by molar-refractivity contribution is 0.101. The zero-order valence-corrected chi connectivity index (χ0v) is 13.8. The summed E-state index contributed by atoms with van der Waals surface area (Å²) < 4.78 is 0. The van der Waals surface area contributed by atoms with E-state index in [1.54, 1.807) is 72.9 Å². The van der Waals surface area contributed by atoms with E-state index in [9.17, 15) is 9.59 Å². The fourth-order valence-electron chi connectivity index (χ4n) is 2.17. The van der Waals surface area contributed by atoms with Crippen molar-refractivity contribution in [3.05, 3.63) is 89.2 Å². The maximum absolute atomic E-state index is 12.2. The van der Waals surface area contributed by atoms with Gasteiger partial charge in [-0.2, -0.15) is 0 Å². The molecular weight excluding hydrogens is 338 g/mol. The normalized spacial score (nSPS) is 10.1. The second-order valence-corrected chi connectivity index (χ2v) is 5.59. The third kappa shape index (κ3) is 4.22. The van der Waals surface area contributed by atoms with E-state index < -0.39 is 0 Å². The molecule has 0 spiro atoms. The van der Waals surface area contributed by atoms with Crippen LogP contribution in [0.4, 0.5) is 11.4 Å². The third-order valence-electron chi connectivity index (χ3n) is 3.42. The summed E-state index contributed by atoms with van der Waals surface area (Å²) in [4.78, 5) is 28.2. The number of hydrogen-bond donors (Lipinski definition) is 2. The van der Waals surface area contributed by atoms with Crippen molar-refractivity contribution in [2.24, 2.45) is 0 Å². The van der Waals surface area contributed by atoms with Crippen LogP contribution < -0.4 is 10.6 Å². The van der Waals surface area contributed by atoms with Gasteiger partial charge in [-0.25, -0.2) is 0 Å². The summed E-state index contributed by atoms with van der Waals surface area (Å²) in [5, 5.41) is 5.90. The molecule has 0 saturated carbocycles. The predicted molar refractivity (Wildman–Crippen MR) is 98.0 cm³/mol. The molecule has 124 valence electrons. The van der Waals surface area contributed by atoms with E-state index in [1.807, 2.05) is 0 Å². The number of rotatable bonds is 4. The standard InChI is InChI=1S/C19H14ClN3O2/c20-16-6-2-1-5-15(16)18(24)22-13-8-10-14(11-9-13)23-19(25)17-7-3-4-12-21-17/h1-12H,(H,22,24)(H,23,25). The van der Waals surface area contributed by atoms with E-state index >= 15 is 0 Å². The Hall–Kier alpha value is -3.18. The summed E-state index contributed by atoms with van der Waals surface area (Å²) in [5.41, 5.74) is 1.93. The predicted octanol–water partition coefficient (Wildman–Crippen LogP) is 4.24. The smallest absolute Gasteiger partial charge is 0.274 e. The summed E-state index contributed by atoms with van der Waals surface area (Å²) in [6.07, 6.45) is 1.56. The van der Waals surface area contributed by atoms with Gasteiger partial charge in [0.15, 0.2) is 0 Å². The molecule has 0 aliphatic heterocycles. The zero-order valence-electron chi connectivity index (χ0n) is 13.1. The Morgan fingerprint density at radius 1 is 0.760 bits per heavy atom. The summed E-state index contributed by atoms with van der Waals surface area (Å²) >= 11 is 6.01. The number of aromatic nitrogens is 1. The van der Waals surface area contributed by atoms with Crippen molar-refractivity contribution < 1.29 is 9.59 Å². The highest BCUT2D eigenvalue weighted by Crippen LogP contribution is 2.19. The average Bonchev–Trinajstić information content (AvgIpc) is 2.64. The van der Waals surface area contributed by atoms with Crippen LogP contribution in [-0.2, 0) is 0 Å². The van der Waals surface area contributed by atoms with Gasteiger partial charge >= 0.3 is 0 Å². The number of halogens is 1. The fraction of sp³-hybridized carbons (Fsp3) is 0. The molecule has 2 aromatic carbocycles. The maximum atomic E-state index is 12.2. The molecule has 6 heteroatoms. The lowest BCUT2D eigenvalue weighted by atomic mass is 10.2. The average molecular weight is 352 g/mol. The van der Waals surface area contributed by atoms with Gasteiger partial charge in [-0.1, -0.05) is 29.8 Å². The maximum Gasteiger partial charge on any atom is 0.274 e. The summed E-state index contributed by atoms with van der Waals surface area (Å²) in [6.45, 7) is 0. The first-order valence-electron chi connectivity index (χ1n) is 7.52. The number of nitrogens with zero attached hydrogens (tertiary/aromatic N) is 1. The van der Waals surface area contributed by atoms with Crippen LogP contribution in [0.25, 0.3) is 0 Å². The van der Waals surface area contributed by atoms with E-state index in [2.05, 4.69) is 15.6 Å². The van der Waals surface area contributed by atoms with Crippen molar-refractivity contribution in [2.45, 2.75) is 0 Å². The van der Waals surface area contributed by atoms with Crippen molar-refractivity contribution in [1.29, 1.82) is 0 Å². The monoisotopic (exact) mass is 351 g/mol. The molecule has 2 amide bonds. The summed E-state index contributed by atoms with van der Waals surface area (Å²) in [5.74, 6) is -0.593. The molecular formula is C19H14ClN3O2. The number of anilines is 2. The van der Waals surface area contributed by atoms with Crippen LogP contribution in [-0.4, -0.2) is 16.8 Å². The summed E-state index contributed by atoms with van der Waals surface area (Å²) in [7, 11) is 0. The van der Waals surface area contributed by atoms with Crippen LogP contribution in [0.3, 0.4) is 0 Å².